The van der Waals surface area contributed by atoms with Crippen molar-refractivity contribution in [2.75, 3.05) is 31.1 Å². The fourth-order valence-electron chi connectivity index (χ4n) is 4.11. The number of rotatable bonds is 5. The maximum Gasteiger partial charge on any atom is 0.289 e. The van der Waals surface area contributed by atoms with Crippen molar-refractivity contribution in [3.63, 3.8) is 0 Å². The molecular weight excluding hydrogens is 452 g/mol. The first-order valence-corrected chi connectivity index (χ1v) is 11.5. The zero-order chi connectivity index (χ0) is 23.5. The number of carbonyl (C=O) groups is 2. The van der Waals surface area contributed by atoms with Crippen LogP contribution in [0.1, 0.15) is 26.5 Å². The van der Waals surface area contributed by atoms with Gasteiger partial charge in [0.2, 0.25) is 0 Å². The maximum atomic E-state index is 12.8. The van der Waals surface area contributed by atoms with Crippen molar-refractivity contribution in [1.29, 1.82) is 0 Å². The molecule has 0 aliphatic carbocycles. The Hall–Kier alpha value is -3.84. The third-order valence-electron chi connectivity index (χ3n) is 5.97. The van der Waals surface area contributed by atoms with Crippen LogP contribution in [0.3, 0.4) is 0 Å². The molecule has 0 atom stereocenters. The first kappa shape index (κ1) is 22.0. The maximum absolute atomic E-state index is 12.8. The van der Waals surface area contributed by atoms with Crippen molar-refractivity contribution in [3.8, 4) is 0 Å². The second kappa shape index (κ2) is 9.57. The number of nitrogens with zero attached hydrogens (tertiary/aromatic N) is 3. The Morgan fingerprint density at radius 3 is 2.53 bits per heavy atom. The van der Waals surface area contributed by atoms with E-state index in [1.807, 2.05) is 36.4 Å². The minimum absolute atomic E-state index is 0.102. The molecule has 0 bridgehead atoms. The number of pyridine rings is 1. The summed E-state index contributed by atoms with van der Waals surface area (Å²) in [5.74, 6) is 0.914. The number of hydrogen-bond acceptors (Lipinski definition) is 5. The van der Waals surface area contributed by atoms with E-state index in [9.17, 15) is 9.59 Å². The molecule has 34 heavy (non-hydrogen) atoms. The highest BCUT2D eigenvalue weighted by molar-refractivity contribution is 6.30. The molecule has 1 fully saturated rings. The van der Waals surface area contributed by atoms with E-state index in [2.05, 4.69) is 15.2 Å². The van der Waals surface area contributed by atoms with Gasteiger partial charge in [-0.2, -0.15) is 0 Å². The number of nitrogens with one attached hydrogen (secondary N) is 1. The van der Waals surface area contributed by atoms with E-state index in [1.165, 1.54) is 6.26 Å². The zero-order valence-corrected chi connectivity index (χ0v) is 19.2. The number of fused-ring (bicyclic) bond motifs is 1. The SMILES string of the molecule is O=C(NCc1ccc(Cl)cc1)c1ccc2ccnc(N3CCN(C(=O)c4ccco4)CC3)c2c1. The first-order chi connectivity index (χ1) is 16.6. The summed E-state index contributed by atoms with van der Waals surface area (Å²) in [5.41, 5.74) is 1.55. The van der Waals surface area contributed by atoms with Crippen LogP contribution in [-0.4, -0.2) is 47.9 Å². The molecule has 1 aliphatic heterocycles. The third kappa shape index (κ3) is 4.61. The highest BCUT2D eigenvalue weighted by atomic mass is 35.5. The Balaban J connectivity index is 1.30. The van der Waals surface area contributed by atoms with Crippen molar-refractivity contribution < 1.29 is 14.0 Å². The summed E-state index contributed by atoms with van der Waals surface area (Å²) in [4.78, 5) is 33.9. The fraction of sp³-hybridized carbons (Fsp3) is 0.192. The average Bonchev–Trinajstić information content (AvgIpc) is 3.42. The molecule has 5 rings (SSSR count). The second-order valence-corrected chi connectivity index (χ2v) is 8.57. The lowest BCUT2D eigenvalue weighted by Gasteiger charge is -2.35. The number of benzene rings is 2. The molecule has 4 aromatic rings. The summed E-state index contributed by atoms with van der Waals surface area (Å²) < 4.78 is 5.25. The molecule has 0 spiro atoms. The van der Waals surface area contributed by atoms with E-state index >= 15 is 0 Å². The molecule has 7 nitrogen and oxygen atoms in total. The molecule has 2 aromatic heterocycles. The van der Waals surface area contributed by atoms with Crippen LogP contribution >= 0.6 is 11.6 Å². The largest absolute Gasteiger partial charge is 0.459 e. The summed E-state index contributed by atoms with van der Waals surface area (Å²) >= 11 is 5.93. The Kier molecular flexibility index (Phi) is 6.18. The normalized spacial score (nSPS) is 13.8. The van der Waals surface area contributed by atoms with Gasteiger partial charge in [0.1, 0.15) is 5.82 Å². The Labute approximate surface area is 201 Å². The standard InChI is InChI=1S/C26H23ClN4O3/c27-21-7-3-18(4-8-21)17-29-25(32)20-6-5-19-9-10-28-24(22(19)16-20)30-11-13-31(14-12-30)26(33)23-2-1-15-34-23/h1-10,15-16H,11-14,17H2,(H,29,32). The molecule has 2 aromatic carbocycles. The molecule has 1 saturated heterocycles. The smallest absolute Gasteiger partial charge is 0.289 e. The van der Waals surface area contributed by atoms with Gasteiger partial charge in [-0.1, -0.05) is 29.8 Å². The molecule has 172 valence electrons. The molecule has 0 unspecified atom stereocenters. The van der Waals surface area contributed by atoms with Crippen LogP contribution in [0.15, 0.2) is 77.5 Å². The molecule has 0 saturated carbocycles. The third-order valence-corrected chi connectivity index (χ3v) is 6.22. The quantitative estimate of drug-likeness (QED) is 0.464. The molecule has 0 radical (unpaired) electrons. The molecule has 2 amide bonds. The van der Waals surface area contributed by atoms with E-state index in [0.717, 1.165) is 22.2 Å². The number of furan rings is 1. The van der Waals surface area contributed by atoms with Crippen LogP contribution in [0.4, 0.5) is 5.82 Å². The van der Waals surface area contributed by atoms with E-state index in [4.69, 9.17) is 16.0 Å². The number of carbonyl (C=O) groups excluding carboxylic acids is 2. The number of aromatic nitrogens is 1. The second-order valence-electron chi connectivity index (χ2n) is 8.14. The predicted octanol–water partition coefficient (Wildman–Crippen LogP) is 4.37. The average molecular weight is 475 g/mol. The van der Waals surface area contributed by atoms with Crippen LogP contribution in [0.2, 0.25) is 5.02 Å². The van der Waals surface area contributed by atoms with Crippen molar-refractivity contribution in [1.82, 2.24) is 15.2 Å². The molecular formula is C26H23ClN4O3. The van der Waals surface area contributed by atoms with Crippen LogP contribution < -0.4 is 10.2 Å². The van der Waals surface area contributed by atoms with Crippen molar-refractivity contribution in [2.24, 2.45) is 0 Å². The molecule has 1 aliphatic rings. The van der Waals surface area contributed by atoms with E-state index < -0.39 is 0 Å². The van der Waals surface area contributed by atoms with Gasteiger partial charge < -0.3 is 19.5 Å². The lowest BCUT2D eigenvalue weighted by molar-refractivity contribution is 0.0714. The van der Waals surface area contributed by atoms with Gasteiger partial charge in [-0.25, -0.2) is 4.98 Å². The molecule has 8 heteroatoms. The van der Waals surface area contributed by atoms with Gasteiger partial charge in [0.15, 0.2) is 5.76 Å². The van der Waals surface area contributed by atoms with Crippen LogP contribution in [0, 0.1) is 0 Å². The summed E-state index contributed by atoms with van der Waals surface area (Å²) in [6, 6.07) is 18.4. The van der Waals surface area contributed by atoms with E-state index in [0.29, 0.717) is 49.1 Å². The van der Waals surface area contributed by atoms with Gasteiger partial charge in [0.05, 0.1) is 6.26 Å². The van der Waals surface area contributed by atoms with Crippen LogP contribution in [0.5, 0.6) is 0 Å². The van der Waals surface area contributed by atoms with Crippen molar-refractivity contribution in [3.05, 3.63) is 95.0 Å². The summed E-state index contributed by atoms with van der Waals surface area (Å²) in [6.45, 7) is 2.84. The lowest BCUT2D eigenvalue weighted by Crippen LogP contribution is -2.49. The van der Waals surface area contributed by atoms with Gasteiger partial charge in [-0.3, -0.25) is 9.59 Å². The number of anilines is 1. The Morgan fingerprint density at radius 1 is 1.00 bits per heavy atom. The highest BCUT2D eigenvalue weighted by Crippen LogP contribution is 2.27. The van der Waals surface area contributed by atoms with Gasteiger partial charge in [-0.15, -0.1) is 0 Å². The number of hydrogen-bond donors (Lipinski definition) is 1. The van der Waals surface area contributed by atoms with Crippen molar-refractivity contribution in [2.45, 2.75) is 6.54 Å². The topological polar surface area (TPSA) is 78.7 Å². The Morgan fingerprint density at radius 2 is 1.79 bits per heavy atom. The van der Waals surface area contributed by atoms with Crippen LogP contribution in [0.25, 0.3) is 10.8 Å². The van der Waals surface area contributed by atoms with Gasteiger partial charge in [0.25, 0.3) is 11.8 Å². The lowest BCUT2D eigenvalue weighted by atomic mass is 10.1. The molecule has 1 N–H and O–H groups in total. The number of amides is 2. The summed E-state index contributed by atoms with van der Waals surface area (Å²) in [7, 11) is 0. The summed E-state index contributed by atoms with van der Waals surface area (Å²) in [5, 5.41) is 5.54. The Bertz CT molecular complexity index is 1310. The zero-order valence-electron chi connectivity index (χ0n) is 18.4. The van der Waals surface area contributed by atoms with Gasteiger partial charge in [-0.05, 0) is 53.4 Å². The van der Waals surface area contributed by atoms with Crippen LogP contribution in [-0.2, 0) is 6.54 Å². The minimum Gasteiger partial charge on any atom is -0.459 e. The highest BCUT2D eigenvalue weighted by Gasteiger charge is 2.25. The van der Waals surface area contributed by atoms with E-state index in [1.54, 1.807) is 35.4 Å². The van der Waals surface area contributed by atoms with Crippen molar-refractivity contribution >= 4 is 40.0 Å². The predicted molar refractivity (Wildman–Crippen MR) is 131 cm³/mol. The summed E-state index contributed by atoms with van der Waals surface area (Å²) in [6.07, 6.45) is 3.28. The number of halogens is 1. The van der Waals surface area contributed by atoms with Gasteiger partial charge >= 0.3 is 0 Å². The molecule has 3 heterocycles. The minimum atomic E-state index is -0.152. The van der Waals surface area contributed by atoms with E-state index in [-0.39, 0.29) is 11.8 Å². The monoisotopic (exact) mass is 474 g/mol. The van der Waals surface area contributed by atoms with Gasteiger partial charge in [0, 0.05) is 54.9 Å². The number of piperazine rings is 1. The fourth-order valence-corrected chi connectivity index (χ4v) is 4.24. The first-order valence-electron chi connectivity index (χ1n) is 11.1.